The smallest absolute Gasteiger partial charge is 0.325 e. The van der Waals surface area contributed by atoms with Crippen molar-refractivity contribution in [3.05, 3.63) is 47.4 Å². The average molecular weight is 319 g/mol. The zero-order valence-corrected chi connectivity index (χ0v) is 13.3. The summed E-state index contributed by atoms with van der Waals surface area (Å²) >= 11 is 0. The number of nitrogens with zero attached hydrogens (tertiary/aromatic N) is 2. The lowest BCUT2D eigenvalue weighted by molar-refractivity contribution is -0.146. The highest BCUT2D eigenvalue weighted by Gasteiger charge is 2.16. The molecule has 1 rings (SSSR count). The van der Waals surface area contributed by atoms with E-state index in [0.717, 1.165) is 5.56 Å². The number of esters is 1. The Hall–Kier alpha value is -2.70. The topological polar surface area (TPSA) is 88.1 Å². The van der Waals surface area contributed by atoms with Gasteiger partial charge in [0.25, 0.3) is 0 Å². The molecular formula is C16H21N3O4. The van der Waals surface area contributed by atoms with Gasteiger partial charge in [-0.2, -0.15) is 4.91 Å². The number of nitroso groups, excluding NO2 is 1. The van der Waals surface area contributed by atoms with Crippen LogP contribution in [0, 0.1) is 4.91 Å². The average Bonchev–Trinajstić information content (AvgIpc) is 2.51. The molecule has 1 aromatic carbocycles. The van der Waals surface area contributed by atoms with E-state index in [-0.39, 0.29) is 25.7 Å². The molecule has 1 N–H and O–H groups in total. The molecule has 2 amide bonds. The van der Waals surface area contributed by atoms with Crippen LogP contribution in [0.1, 0.15) is 19.4 Å². The molecule has 0 unspecified atom stereocenters. The van der Waals surface area contributed by atoms with Crippen LogP contribution >= 0.6 is 0 Å². The molecule has 0 saturated heterocycles. The SMILES string of the molecule is C=CCN(C(=O)NCC(=O)OC(C)C)c1ccc(CN=O)cc1. The zero-order valence-electron chi connectivity index (χ0n) is 13.3. The highest BCUT2D eigenvalue weighted by Crippen LogP contribution is 2.16. The molecule has 0 aliphatic heterocycles. The van der Waals surface area contributed by atoms with Crippen molar-refractivity contribution < 1.29 is 14.3 Å². The van der Waals surface area contributed by atoms with E-state index in [2.05, 4.69) is 17.1 Å². The Morgan fingerprint density at radius 3 is 2.52 bits per heavy atom. The van der Waals surface area contributed by atoms with Gasteiger partial charge < -0.3 is 10.1 Å². The maximum atomic E-state index is 12.2. The van der Waals surface area contributed by atoms with E-state index < -0.39 is 12.0 Å². The Kier molecular flexibility index (Phi) is 7.45. The lowest BCUT2D eigenvalue weighted by Gasteiger charge is -2.22. The molecular weight excluding hydrogens is 298 g/mol. The lowest BCUT2D eigenvalue weighted by atomic mass is 10.2. The number of amides is 2. The number of carbonyl (C=O) groups is 2. The predicted octanol–water partition coefficient (Wildman–Crippen LogP) is 2.61. The maximum absolute atomic E-state index is 12.2. The Balaban J connectivity index is 2.72. The molecule has 0 heterocycles. The number of hydrogen-bond acceptors (Lipinski definition) is 5. The summed E-state index contributed by atoms with van der Waals surface area (Å²) in [6.07, 6.45) is 1.34. The Bertz CT molecular complexity index is 555. The van der Waals surface area contributed by atoms with Gasteiger partial charge >= 0.3 is 12.0 Å². The van der Waals surface area contributed by atoms with Crippen molar-refractivity contribution in [2.24, 2.45) is 5.18 Å². The van der Waals surface area contributed by atoms with Crippen molar-refractivity contribution >= 4 is 17.7 Å². The van der Waals surface area contributed by atoms with E-state index in [1.54, 1.807) is 44.2 Å². The van der Waals surface area contributed by atoms with Crippen molar-refractivity contribution in [2.75, 3.05) is 18.0 Å². The zero-order chi connectivity index (χ0) is 17.2. The third-order valence-electron chi connectivity index (χ3n) is 2.80. The summed E-state index contributed by atoms with van der Waals surface area (Å²) in [6.45, 7) is 7.23. The van der Waals surface area contributed by atoms with Gasteiger partial charge in [-0.3, -0.25) is 9.69 Å². The molecule has 0 bridgehead atoms. The molecule has 0 aromatic heterocycles. The summed E-state index contributed by atoms with van der Waals surface area (Å²) in [6, 6.07) is 6.40. The fourth-order valence-electron chi connectivity index (χ4n) is 1.84. The highest BCUT2D eigenvalue weighted by atomic mass is 16.5. The fourth-order valence-corrected chi connectivity index (χ4v) is 1.84. The highest BCUT2D eigenvalue weighted by molar-refractivity contribution is 5.94. The molecule has 0 fully saturated rings. The number of nitrogens with one attached hydrogen (secondary N) is 1. The van der Waals surface area contributed by atoms with Gasteiger partial charge in [0.1, 0.15) is 13.1 Å². The normalized spacial score (nSPS) is 10.0. The van der Waals surface area contributed by atoms with Crippen molar-refractivity contribution in [3.8, 4) is 0 Å². The van der Waals surface area contributed by atoms with Crippen LogP contribution < -0.4 is 10.2 Å². The van der Waals surface area contributed by atoms with E-state index in [4.69, 9.17) is 4.74 Å². The molecule has 7 heteroatoms. The summed E-state index contributed by atoms with van der Waals surface area (Å²) in [5, 5.41) is 5.32. The second-order valence-corrected chi connectivity index (χ2v) is 5.05. The van der Waals surface area contributed by atoms with E-state index in [9.17, 15) is 14.5 Å². The summed E-state index contributed by atoms with van der Waals surface area (Å²) in [5.41, 5.74) is 1.37. The number of benzene rings is 1. The molecule has 1 aromatic rings. The first-order valence-corrected chi connectivity index (χ1v) is 7.21. The van der Waals surface area contributed by atoms with Crippen LogP contribution in [0.3, 0.4) is 0 Å². The molecule has 0 aliphatic rings. The van der Waals surface area contributed by atoms with Gasteiger partial charge in [0.05, 0.1) is 6.10 Å². The molecule has 7 nitrogen and oxygen atoms in total. The molecule has 0 saturated carbocycles. The van der Waals surface area contributed by atoms with Crippen molar-refractivity contribution in [3.63, 3.8) is 0 Å². The fraction of sp³-hybridized carbons (Fsp3) is 0.375. The number of rotatable bonds is 8. The molecule has 124 valence electrons. The third kappa shape index (κ3) is 6.29. The van der Waals surface area contributed by atoms with Gasteiger partial charge in [-0.25, -0.2) is 4.79 Å². The second kappa shape index (κ2) is 9.34. The second-order valence-electron chi connectivity index (χ2n) is 5.05. The van der Waals surface area contributed by atoms with Crippen LogP contribution in [0.2, 0.25) is 0 Å². The van der Waals surface area contributed by atoms with Gasteiger partial charge in [0.2, 0.25) is 0 Å². The van der Waals surface area contributed by atoms with Crippen molar-refractivity contribution in [1.82, 2.24) is 5.32 Å². The first-order valence-electron chi connectivity index (χ1n) is 7.21. The quantitative estimate of drug-likeness (QED) is 0.453. The first-order chi connectivity index (χ1) is 11.0. The van der Waals surface area contributed by atoms with Crippen LogP contribution in [-0.2, 0) is 16.1 Å². The largest absolute Gasteiger partial charge is 0.462 e. The Morgan fingerprint density at radius 1 is 1.35 bits per heavy atom. The standard InChI is InChI=1S/C16H21N3O4/c1-4-9-19(14-7-5-13(6-8-14)10-18-22)16(21)17-11-15(20)23-12(2)3/h4-8,12H,1,9-11H2,2-3H3,(H,17,21). The van der Waals surface area contributed by atoms with E-state index in [1.165, 1.54) is 4.90 Å². The van der Waals surface area contributed by atoms with Gasteiger partial charge in [-0.1, -0.05) is 23.4 Å². The van der Waals surface area contributed by atoms with E-state index >= 15 is 0 Å². The Labute approximate surface area is 135 Å². The van der Waals surface area contributed by atoms with E-state index in [1.807, 2.05) is 0 Å². The van der Waals surface area contributed by atoms with Gasteiger partial charge in [0.15, 0.2) is 0 Å². The minimum absolute atomic E-state index is 0.0784. The van der Waals surface area contributed by atoms with Gasteiger partial charge in [0, 0.05) is 12.2 Å². The van der Waals surface area contributed by atoms with Crippen LogP contribution in [0.15, 0.2) is 42.1 Å². The predicted molar refractivity (Wildman–Crippen MR) is 88.1 cm³/mol. The third-order valence-corrected chi connectivity index (χ3v) is 2.80. The number of urea groups is 1. The summed E-state index contributed by atoms with van der Waals surface area (Å²) < 4.78 is 4.96. The number of ether oxygens (including phenoxy) is 1. The number of carbonyl (C=O) groups excluding carboxylic acids is 2. The summed E-state index contributed by atoms with van der Waals surface area (Å²) in [5.74, 6) is -0.501. The van der Waals surface area contributed by atoms with Crippen LogP contribution in [0.25, 0.3) is 0 Å². The van der Waals surface area contributed by atoms with Crippen LogP contribution in [0.4, 0.5) is 10.5 Å². The van der Waals surface area contributed by atoms with Crippen molar-refractivity contribution in [1.29, 1.82) is 0 Å². The monoisotopic (exact) mass is 319 g/mol. The number of hydrogen-bond donors (Lipinski definition) is 1. The summed E-state index contributed by atoms with van der Waals surface area (Å²) in [7, 11) is 0. The maximum Gasteiger partial charge on any atom is 0.325 e. The molecule has 0 aliphatic carbocycles. The summed E-state index contributed by atoms with van der Waals surface area (Å²) in [4.78, 5) is 35.4. The van der Waals surface area contributed by atoms with Gasteiger partial charge in [-0.05, 0) is 31.5 Å². The first kappa shape index (κ1) is 18.3. The molecule has 0 spiro atoms. The van der Waals surface area contributed by atoms with Crippen molar-refractivity contribution in [2.45, 2.75) is 26.5 Å². The molecule has 0 atom stereocenters. The van der Waals surface area contributed by atoms with Crippen LogP contribution in [0.5, 0.6) is 0 Å². The molecule has 0 radical (unpaired) electrons. The number of anilines is 1. The van der Waals surface area contributed by atoms with E-state index in [0.29, 0.717) is 5.69 Å². The molecule has 23 heavy (non-hydrogen) atoms. The lowest BCUT2D eigenvalue weighted by Crippen LogP contribution is -2.42. The minimum Gasteiger partial charge on any atom is -0.462 e. The Morgan fingerprint density at radius 2 is 2.00 bits per heavy atom. The minimum atomic E-state index is -0.501. The van der Waals surface area contributed by atoms with Crippen LogP contribution in [-0.4, -0.2) is 31.2 Å². The van der Waals surface area contributed by atoms with Gasteiger partial charge in [-0.15, -0.1) is 6.58 Å².